The van der Waals surface area contributed by atoms with E-state index in [1.807, 2.05) is 55.5 Å². The van der Waals surface area contributed by atoms with Gasteiger partial charge in [0, 0.05) is 6.42 Å². The van der Waals surface area contributed by atoms with Crippen LogP contribution in [0, 0.1) is 0 Å². The van der Waals surface area contributed by atoms with Gasteiger partial charge in [0.05, 0.1) is 12.3 Å². The first-order valence-corrected chi connectivity index (χ1v) is 8.23. The number of alkyl halides is 2. The minimum atomic E-state index is -1.10. The molecule has 0 spiro atoms. The lowest BCUT2D eigenvalue weighted by Crippen LogP contribution is -2.32. The number of anilines is 1. The predicted octanol–water partition coefficient (Wildman–Crippen LogP) is 4.54. The molecule has 3 nitrogen and oxygen atoms in total. The van der Waals surface area contributed by atoms with Gasteiger partial charge in [-0.1, -0.05) is 42.5 Å². The van der Waals surface area contributed by atoms with Crippen LogP contribution in [0.4, 0.5) is 5.69 Å². The molecule has 23 heavy (non-hydrogen) atoms. The van der Waals surface area contributed by atoms with Gasteiger partial charge < -0.3 is 10.1 Å². The lowest BCUT2D eigenvalue weighted by atomic mass is 9.94. The SMILES string of the molecule is CCOc1ccccc1NC(=O)[C@]1(c2ccccc2)CC1(Cl)Cl. The Morgan fingerprint density at radius 1 is 1.13 bits per heavy atom. The van der Waals surface area contributed by atoms with Crippen molar-refractivity contribution in [2.45, 2.75) is 23.1 Å². The number of rotatable bonds is 5. The molecular weight excluding hydrogens is 333 g/mol. The van der Waals surface area contributed by atoms with Crippen molar-refractivity contribution in [2.24, 2.45) is 0 Å². The molecule has 1 amide bonds. The average molecular weight is 350 g/mol. The van der Waals surface area contributed by atoms with Crippen molar-refractivity contribution in [3.63, 3.8) is 0 Å². The van der Waals surface area contributed by atoms with Crippen molar-refractivity contribution >= 4 is 34.8 Å². The van der Waals surface area contributed by atoms with E-state index in [2.05, 4.69) is 5.32 Å². The summed E-state index contributed by atoms with van der Waals surface area (Å²) >= 11 is 12.7. The summed E-state index contributed by atoms with van der Waals surface area (Å²) in [4.78, 5) is 12.9. The maximum atomic E-state index is 12.9. The maximum absolute atomic E-state index is 12.9. The summed E-state index contributed by atoms with van der Waals surface area (Å²) in [5.74, 6) is 0.405. The molecule has 1 fully saturated rings. The highest BCUT2D eigenvalue weighted by Gasteiger charge is 2.72. The Morgan fingerprint density at radius 2 is 1.74 bits per heavy atom. The van der Waals surface area contributed by atoms with E-state index in [4.69, 9.17) is 27.9 Å². The number of carbonyl (C=O) groups excluding carboxylic acids is 1. The van der Waals surface area contributed by atoms with Crippen molar-refractivity contribution in [3.05, 3.63) is 60.2 Å². The van der Waals surface area contributed by atoms with E-state index in [1.54, 1.807) is 6.07 Å². The van der Waals surface area contributed by atoms with Gasteiger partial charge in [0.1, 0.15) is 15.5 Å². The molecule has 1 aliphatic rings. The number of hydrogen-bond acceptors (Lipinski definition) is 2. The Labute approximate surface area is 145 Å². The number of ether oxygens (including phenoxy) is 1. The van der Waals surface area contributed by atoms with Gasteiger partial charge in [0.2, 0.25) is 5.91 Å². The number of amides is 1. The highest BCUT2D eigenvalue weighted by molar-refractivity contribution is 6.54. The van der Waals surface area contributed by atoms with Crippen LogP contribution in [0.5, 0.6) is 5.75 Å². The minimum Gasteiger partial charge on any atom is -0.492 e. The van der Waals surface area contributed by atoms with Crippen molar-refractivity contribution in [1.82, 2.24) is 0 Å². The molecule has 1 atom stereocenters. The zero-order valence-corrected chi connectivity index (χ0v) is 14.2. The lowest BCUT2D eigenvalue weighted by Gasteiger charge is -2.19. The van der Waals surface area contributed by atoms with Gasteiger partial charge in [-0.25, -0.2) is 0 Å². The van der Waals surface area contributed by atoms with Crippen LogP contribution in [-0.2, 0) is 10.2 Å². The zero-order valence-electron chi connectivity index (χ0n) is 12.7. The number of hydrogen-bond donors (Lipinski definition) is 1. The highest BCUT2D eigenvalue weighted by atomic mass is 35.5. The second-order valence-electron chi connectivity index (χ2n) is 5.54. The van der Waals surface area contributed by atoms with Crippen LogP contribution >= 0.6 is 23.2 Å². The van der Waals surface area contributed by atoms with Crippen LogP contribution < -0.4 is 10.1 Å². The van der Waals surface area contributed by atoms with E-state index < -0.39 is 9.75 Å². The molecule has 120 valence electrons. The van der Waals surface area contributed by atoms with Gasteiger partial charge in [0.25, 0.3) is 0 Å². The number of nitrogens with one attached hydrogen (secondary N) is 1. The molecule has 1 saturated carbocycles. The van der Waals surface area contributed by atoms with Crippen molar-refractivity contribution in [3.8, 4) is 5.75 Å². The van der Waals surface area contributed by atoms with Crippen LogP contribution in [0.1, 0.15) is 18.9 Å². The predicted molar refractivity (Wildman–Crippen MR) is 93.4 cm³/mol. The normalized spacial score (nSPS) is 21.5. The molecule has 3 rings (SSSR count). The third kappa shape index (κ3) is 2.79. The van der Waals surface area contributed by atoms with E-state index in [9.17, 15) is 4.79 Å². The average Bonchev–Trinajstić information content (AvgIpc) is 3.14. The number of benzene rings is 2. The molecule has 1 aliphatic carbocycles. The fraction of sp³-hybridized carbons (Fsp3) is 0.278. The summed E-state index contributed by atoms with van der Waals surface area (Å²) in [6.45, 7) is 2.42. The third-order valence-electron chi connectivity index (χ3n) is 4.08. The van der Waals surface area contributed by atoms with Gasteiger partial charge in [-0.2, -0.15) is 0 Å². The number of para-hydroxylation sites is 2. The first-order valence-electron chi connectivity index (χ1n) is 7.48. The quantitative estimate of drug-likeness (QED) is 0.804. The fourth-order valence-electron chi connectivity index (χ4n) is 2.78. The van der Waals surface area contributed by atoms with Crippen molar-refractivity contribution in [1.29, 1.82) is 0 Å². The van der Waals surface area contributed by atoms with Crippen LogP contribution in [0.3, 0.4) is 0 Å². The van der Waals surface area contributed by atoms with Gasteiger partial charge in [0.15, 0.2) is 0 Å². The minimum absolute atomic E-state index is 0.221. The van der Waals surface area contributed by atoms with Gasteiger partial charge in [-0.05, 0) is 24.6 Å². The van der Waals surface area contributed by atoms with E-state index in [1.165, 1.54) is 0 Å². The number of halogens is 2. The standard InChI is InChI=1S/C18H17Cl2NO2/c1-2-23-15-11-7-6-10-14(15)21-16(22)17(12-18(17,19)20)13-8-4-3-5-9-13/h3-11H,2,12H2,1H3,(H,21,22)/t17-/m1/s1. The Hall–Kier alpha value is -1.71. The van der Waals surface area contributed by atoms with Crippen LogP contribution in [0.25, 0.3) is 0 Å². The zero-order chi connectivity index (χ0) is 16.5. The molecular formula is C18H17Cl2NO2. The van der Waals surface area contributed by atoms with Crippen LogP contribution in [0.2, 0.25) is 0 Å². The summed E-state index contributed by atoms with van der Waals surface area (Å²) in [5, 5.41) is 2.92. The smallest absolute Gasteiger partial charge is 0.238 e. The largest absolute Gasteiger partial charge is 0.492 e. The second kappa shape index (κ2) is 6.06. The Balaban J connectivity index is 1.91. The summed E-state index contributed by atoms with van der Waals surface area (Å²) in [6.07, 6.45) is 0.385. The molecule has 0 heterocycles. The first kappa shape index (κ1) is 16.2. The van der Waals surface area contributed by atoms with Gasteiger partial charge in [-0.15, -0.1) is 23.2 Å². The summed E-state index contributed by atoms with van der Waals surface area (Å²) < 4.78 is 4.45. The van der Waals surface area contributed by atoms with Gasteiger partial charge >= 0.3 is 0 Å². The van der Waals surface area contributed by atoms with Crippen molar-refractivity contribution in [2.75, 3.05) is 11.9 Å². The Bertz CT molecular complexity index is 718. The molecule has 0 radical (unpaired) electrons. The van der Waals surface area contributed by atoms with E-state index >= 15 is 0 Å². The summed E-state index contributed by atoms with van der Waals surface area (Å²) in [7, 11) is 0. The topological polar surface area (TPSA) is 38.3 Å². The molecule has 0 aliphatic heterocycles. The van der Waals surface area contributed by atoms with Crippen LogP contribution in [0.15, 0.2) is 54.6 Å². The Morgan fingerprint density at radius 3 is 2.35 bits per heavy atom. The lowest BCUT2D eigenvalue weighted by molar-refractivity contribution is -0.118. The highest BCUT2D eigenvalue weighted by Crippen LogP contribution is 2.65. The van der Waals surface area contributed by atoms with Crippen LogP contribution in [-0.4, -0.2) is 16.8 Å². The third-order valence-corrected chi connectivity index (χ3v) is 4.99. The number of carbonyl (C=O) groups is 1. The molecule has 0 bridgehead atoms. The van der Waals surface area contributed by atoms with E-state index in [-0.39, 0.29) is 5.91 Å². The van der Waals surface area contributed by atoms with E-state index in [0.717, 1.165) is 5.56 Å². The summed E-state index contributed by atoms with van der Waals surface area (Å²) in [6, 6.07) is 16.7. The molecule has 2 aromatic carbocycles. The molecule has 0 unspecified atom stereocenters. The first-order chi connectivity index (χ1) is 11.0. The van der Waals surface area contributed by atoms with Gasteiger partial charge in [-0.3, -0.25) is 4.79 Å². The second-order valence-corrected chi connectivity index (χ2v) is 7.02. The Kier molecular flexibility index (Phi) is 4.26. The van der Waals surface area contributed by atoms with E-state index in [0.29, 0.717) is 24.5 Å². The summed E-state index contributed by atoms with van der Waals surface area (Å²) in [5.41, 5.74) is 0.499. The molecule has 2 aromatic rings. The molecule has 0 aromatic heterocycles. The molecule has 5 heteroatoms. The molecule has 0 saturated heterocycles. The molecule has 1 N–H and O–H groups in total. The fourth-order valence-corrected chi connectivity index (χ4v) is 3.57. The van der Waals surface area contributed by atoms with Crippen molar-refractivity contribution < 1.29 is 9.53 Å². The monoisotopic (exact) mass is 349 g/mol. The maximum Gasteiger partial charge on any atom is 0.238 e.